The van der Waals surface area contributed by atoms with Crippen LogP contribution >= 0.6 is 39.0 Å². The van der Waals surface area contributed by atoms with Gasteiger partial charge >= 0.3 is 0 Å². The summed E-state index contributed by atoms with van der Waals surface area (Å²) in [5.74, 6) is 0.327. The Hall–Kier alpha value is -1.44. The molecule has 22 heavy (non-hydrogen) atoms. The molecule has 1 aromatic carbocycles. The van der Waals surface area contributed by atoms with Crippen LogP contribution in [0.2, 0.25) is 0 Å². The number of thioether (sulfide) groups is 1. The van der Waals surface area contributed by atoms with Crippen LogP contribution < -0.4 is 5.73 Å². The van der Waals surface area contributed by atoms with Crippen molar-refractivity contribution < 1.29 is 4.79 Å². The zero-order valence-corrected chi connectivity index (χ0v) is 14.7. The zero-order valence-electron chi connectivity index (χ0n) is 11.5. The molecule has 0 aliphatic rings. The van der Waals surface area contributed by atoms with Gasteiger partial charge in [-0.05, 0) is 17.7 Å². The fraction of sp³-hybridized carbons (Fsp3) is 0.133. The lowest BCUT2D eigenvalue weighted by molar-refractivity contribution is -0.117. The maximum atomic E-state index is 10.9. The predicted molar refractivity (Wildman–Crippen MR) is 95.1 cm³/mol. The average Bonchev–Trinajstić information content (AvgIpc) is 2.93. The van der Waals surface area contributed by atoms with E-state index in [1.54, 1.807) is 29.4 Å². The molecule has 0 saturated heterocycles. The van der Waals surface area contributed by atoms with Gasteiger partial charge in [-0.2, -0.15) is 0 Å². The number of rotatable bonds is 5. The van der Waals surface area contributed by atoms with E-state index in [4.69, 9.17) is 5.73 Å². The van der Waals surface area contributed by atoms with Crippen molar-refractivity contribution in [1.82, 2.24) is 9.97 Å². The number of hydrogen-bond donors (Lipinski definition) is 1. The fourth-order valence-electron chi connectivity index (χ4n) is 2.05. The van der Waals surface area contributed by atoms with Crippen LogP contribution in [-0.2, 0) is 4.79 Å². The highest BCUT2D eigenvalue weighted by atomic mass is 79.9. The third-order valence-electron chi connectivity index (χ3n) is 3.08. The zero-order chi connectivity index (χ0) is 15.5. The minimum atomic E-state index is -0.295. The molecule has 0 fully saturated rings. The van der Waals surface area contributed by atoms with Crippen LogP contribution in [0.25, 0.3) is 21.3 Å². The summed E-state index contributed by atoms with van der Waals surface area (Å²) in [6, 6.07) is 8.16. The first-order chi connectivity index (χ1) is 10.6. The van der Waals surface area contributed by atoms with Crippen molar-refractivity contribution in [3.05, 3.63) is 40.4 Å². The highest BCUT2D eigenvalue weighted by molar-refractivity contribution is 9.10. The van der Waals surface area contributed by atoms with Crippen molar-refractivity contribution in [1.29, 1.82) is 0 Å². The van der Waals surface area contributed by atoms with Gasteiger partial charge in [0.1, 0.15) is 16.2 Å². The molecule has 2 aromatic heterocycles. The Bertz CT molecular complexity index is 817. The largest absolute Gasteiger partial charge is 0.370 e. The number of nitrogens with two attached hydrogens (primary N) is 1. The van der Waals surface area contributed by atoms with E-state index in [0.717, 1.165) is 30.8 Å². The molecule has 112 valence electrons. The molecule has 4 nitrogen and oxygen atoms in total. The number of hydrogen-bond acceptors (Lipinski definition) is 5. The first kappa shape index (κ1) is 15.5. The van der Waals surface area contributed by atoms with Crippen LogP contribution in [0.1, 0.15) is 6.42 Å². The van der Waals surface area contributed by atoms with Crippen LogP contribution in [0.3, 0.4) is 0 Å². The SMILES string of the molecule is NC(=O)CCSc1ncnc2scc(-c3ccc(Br)cc3)c12. The topological polar surface area (TPSA) is 68.9 Å². The molecule has 0 unspecified atom stereocenters. The van der Waals surface area contributed by atoms with E-state index >= 15 is 0 Å². The number of fused-ring (bicyclic) bond motifs is 1. The second-order valence-electron chi connectivity index (χ2n) is 4.58. The third-order valence-corrected chi connectivity index (χ3v) is 5.48. The maximum absolute atomic E-state index is 10.9. The first-order valence-corrected chi connectivity index (χ1v) is 9.20. The van der Waals surface area contributed by atoms with Gasteiger partial charge in [0.05, 0.1) is 5.39 Å². The van der Waals surface area contributed by atoms with E-state index in [-0.39, 0.29) is 5.91 Å². The minimum absolute atomic E-state index is 0.295. The highest BCUT2D eigenvalue weighted by Crippen LogP contribution is 2.38. The van der Waals surface area contributed by atoms with Crippen molar-refractivity contribution in [2.45, 2.75) is 11.4 Å². The van der Waals surface area contributed by atoms with Crippen LogP contribution in [0.4, 0.5) is 0 Å². The number of benzene rings is 1. The van der Waals surface area contributed by atoms with Gasteiger partial charge in [0.2, 0.25) is 5.91 Å². The summed E-state index contributed by atoms with van der Waals surface area (Å²) in [6.07, 6.45) is 1.91. The molecule has 7 heteroatoms. The number of carbonyl (C=O) groups excluding carboxylic acids is 1. The molecule has 2 heterocycles. The molecule has 3 rings (SSSR count). The lowest BCUT2D eigenvalue weighted by atomic mass is 10.1. The van der Waals surface area contributed by atoms with Gasteiger partial charge in [0.25, 0.3) is 0 Å². The Kier molecular flexibility index (Phi) is 4.75. The average molecular weight is 394 g/mol. The number of aromatic nitrogens is 2. The van der Waals surface area contributed by atoms with Crippen molar-refractivity contribution >= 4 is 55.2 Å². The van der Waals surface area contributed by atoms with Crippen molar-refractivity contribution in [3.8, 4) is 11.1 Å². The summed E-state index contributed by atoms with van der Waals surface area (Å²) in [4.78, 5) is 20.6. The Morgan fingerprint density at radius 2 is 2.05 bits per heavy atom. The molecule has 0 saturated carbocycles. The maximum Gasteiger partial charge on any atom is 0.218 e. The van der Waals surface area contributed by atoms with E-state index in [1.807, 2.05) is 12.1 Å². The Morgan fingerprint density at radius 1 is 1.27 bits per heavy atom. The standard InChI is InChI=1S/C15H12BrN3OS2/c16-10-3-1-9(2-4-10)11-7-22-15-13(11)14(18-8-19-15)21-6-5-12(17)20/h1-4,7-8H,5-6H2,(H2,17,20). The van der Waals surface area contributed by atoms with Gasteiger partial charge in [-0.15, -0.1) is 23.1 Å². The second-order valence-corrected chi connectivity index (χ2v) is 7.44. The molecule has 0 aliphatic heterocycles. The molecule has 0 atom stereocenters. The van der Waals surface area contributed by atoms with Gasteiger partial charge in [0.15, 0.2) is 0 Å². The van der Waals surface area contributed by atoms with Crippen molar-refractivity contribution in [3.63, 3.8) is 0 Å². The molecule has 2 N–H and O–H groups in total. The van der Waals surface area contributed by atoms with E-state index in [2.05, 4.69) is 43.4 Å². The van der Waals surface area contributed by atoms with E-state index < -0.39 is 0 Å². The van der Waals surface area contributed by atoms with Crippen molar-refractivity contribution in [2.24, 2.45) is 5.73 Å². The summed E-state index contributed by atoms with van der Waals surface area (Å²) in [7, 11) is 0. The number of amides is 1. The summed E-state index contributed by atoms with van der Waals surface area (Å²) < 4.78 is 1.04. The molecular weight excluding hydrogens is 382 g/mol. The van der Waals surface area contributed by atoms with E-state index in [1.165, 1.54) is 0 Å². The monoisotopic (exact) mass is 393 g/mol. The fourth-order valence-corrected chi connectivity index (χ4v) is 4.26. The Balaban J connectivity index is 2.00. The number of nitrogens with zero attached hydrogens (tertiary/aromatic N) is 2. The quantitative estimate of drug-likeness (QED) is 0.523. The van der Waals surface area contributed by atoms with Crippen molar-refractivity contribution in [2.75, 3.05) is 5.75 Å². The normalized spacial score (nSPS) is 11.0. The summed E-state index contributed by atoms with van der Waals surface area (Å²) in [6.45, 7) is 0. The highest BCUT2D eigenvalue weighted by Gasteiger charge is 2.13. The third kappa shape index (κ3) is 3.31. The molecule has 0 aliphatic carbocycles. The molecule has 1 amide bonds. The summed E-state index contributed by atoms with van der Waals surface area (Å²) >= 11 is 6.59. The summed E-state index contributed by atoms with van der Waals surface area (Å²) in [5.41, 5.74) is 7.44. The van der Waals surface area contributed by atoms with Crippen LogP contribution in [0, 0.1) is 0 Å². The molecule has 0 spiro atoms. The van der Waals surface area contributed by atoms with E-state index in [0.29, 0.717) is 12.2 Å². The van der Waals surface area contributed by atoms with Gasteiger partial charge in [-0.3, -0.25) is 4.79 Å². The number of carbonyl (C=O) groups is 1. The number of primary amides is 1. The molecule has 0 bridgehead atoms. The molecule has 0 radical (unpaired) electrons. The predicted octanol–water partition coefficient (Wildman–Crippen LogP) is 4.09. The lowest BCUT2D eigenvalue weighted by Crippen LogP contribution is -2.10. The molecule has 3 aromatic rings. The van der Waals surface area contributed by atoms with Gasteiger partial charge in [-0.1, -0.05) is 28.1 Å². The van der Waals surface area contributed by atoms with Crippen LogP contribution in [0.5, 0.6) is 0 Å². The second kappa shape index (κ2) is 6.76. The minimum Gasteiger partial charge on any atom is -0.370 e. The van der Waals surface area contributed by atoms with Crippen LogP contribution in [-0.4, -0.2) is 21.6 Å². The smallest absolute Gasteiger partial charge is 0.218 e. The lowest BCUT2D eigenvalue weighted by Gasteiger charge is -2.05. The number of halogens is 1. The molecular formula is C15H12BrN3OS2. The first-order valence-electron chi connectivity index (χ1n) is 6.54. The van der Waals surface area contributed by atoms with E-state index in [9.17, 15) is 4.79 Å². The van der Waals surface area contributed by atoms with Crippen LogP contribution in [0.15, 0.2) is 45.5 Å². The Labute approximate surface area is 144 Å². The van der Waals surface area contributed by atoms with Gasteiger partial charge in [0, 0.05) is 27.6 Å². The Morgan fingerprint density at radius 3 is 2.77 bits per heavy atom. The summed E-state index contributed by atoms with van der Waals surface area (Å²) in [5, 5.41) is 4.04. The van der Waals surface area contributed by atoms with Gasteiger partial charge < -0.3 is 5.73 Å². The number of thiophene rings is 1. The van der Waals surface area contributed by atoms with Gasteiger partial charge in [-0.25, -0.2) is 9.97 Å².